The van der Waals surface area contributed by atoms with Crippen molar-refractivity contribution in [2.24, 2.45) is 0 Å². The zero-order valence-electron chi connectivity index (χ0n) is 12.6. The van der Waals surface area contributed by atoms with Gasteiger partial charge in [0.05, 0.1) is 6.42 Å². The molecule has 0 atom stereocenters. The minimum Gasteiger partial charge on any atom is -0.455 e. The van der Waals surface area contributed by atoms with Gasteiger partial charge in [0.25, 0.3) is 5.91 Å². The van der Waals surface area contributed by atoms with E-state index in [2.05, 4.69) is 5.32 Å². The lowest BCUT2D eigenvalue weighted by molar-refractivity contribution is -0.148. The third kappa shape index (κ3) is 5.84. The lowest BCUT2D eigenvalue weighted by Gasteiger charge is -2.16. The summed E-state index contributed by atoms with van der Waals surface area (Å²) in [5.41, 5.74) is 0.663. The number of rotatable bonds is 5. The van der Waals surface area contributed by atoms with Gasteiger partial charge >= 0.3 is 5.97 Å². The quantitative estimate of drug-likeness (QED) is 0.672. The maximum absolute atomic E-state index is 12.8. The van der Waals surface area contributed by atoms with Crippen molar-refractivity contribution in [2.45, 2.75) is 51.0 Å². The Morgan fingerprint density at radius 2 is 1.73 bits per heavy atom. The molecule has 22 heavy (non-hydrogen) atoms. The molecule has 2 rings (SSSR count). The first-order chi connectivity index (χ1) is 10.6. The second-order valence-electron chi connectivity index (χ2n) is 5.72. The van der Waals surface area contributed by atoms with Crippen LogP contribution in [0, 0.1) is 5.82 Å². The summed E-state index contributed by atoms with van der Waals surface area (Å²) >= 11 is 0. The molecule has 0 spiro atoms. The Hall–Kier alpha value is -1.91. The number of esters is 1. The van der Waals surface area contributed by atoms with Crippen molar-refractivity contribution in [3.63, 3.8) is 0 Å². The summed E-state index contributed by atoms with van der Waals surface area (Å²) in [6.45, 7) is -0.253. The van der Waals surface area contributed by atoms with Gasteiger partial charge in [-0.15, -0.1) is 0 Å². The molecule has 0 bridgehead atoms. The van der Waals surface area contributed by atoms with Gasteiger partial charge in [-0.05, 0) is 30.5 Å². The molecule has 0 aromatic heterocycles. The molecule has 5 heteroatoms. The first-order valence-electron chi connectivity index (χ1n) is 7.83. The molecular formula is C17H22FNO3. The number of amides is 1. The van der Waals surface area contributed by atoms with Crippen LogP contribution in [-0.2, 0) is 20.7 Å². The Morgan fingerprint density at radius 1 is 1.09 bits per heavy atom. The Bertz CT molecular complexity index is 493. The molecule has 1 fully saturated rings. The molecule has 120 valence electrons. The predicted molar refractivity (Wildman–Crippen MR) is 80.7 cm³/mol. The molecule has 0 heterocycles. The van der Waals surface area contributed by atoms with Crippen LogP contribution in [0.4, 0.5) is 4.39 Å². The number of benzene rings is 1. The van der Waals surface area contributed by atoms with Gasteiger partial charge in [0.15, 0.2) is 6.61 Å². The summed E-state index contributed by atoms with van der Waals surface area (Å²) in [6, 6.07) is 5.85. The van der Waals surface area contributed by atoms with E-state index in [1.807, 2.05) is 0 Å². The number of ether oxygens (including phenoxy) is 1. The third-order valence-corrected chi connectivity index (χ3v) is 3.85. The second-order valence-corrected chi connectivity index (χ2v) is 5.72. The van der Waals surface area contributed by atoms with Crippen LogP contribution in [0.15, 0.2) is 24.3 Å². The molecule has 1 saturated carbocycles. The van der Waals surface area contributed by atoms with Crippen LogP contribution in [-0.4, -0.2) is 24.5 Å². The van der Waals surface area contributed by atoms with Gasteiger partial charge in [0, 0.05) is 6.04 Å². The molecule has 1 amide bonds. The van der Waals surface area contributed by atoms with Gasteiger partial charge < -0.3 is 10.1 Å². The van der Waals surface area contributed by atoms with Crippen LogP contribution in [0.5, 0.6) is 0 Å². The number of hydrogen-bond acceptors (Lipinski definition) is 3. The molecule has 0 saturated heterocycles. The van der Waals surface area contributed by atoms with Crippen LogP contribution in [0.2, 0.25) is 0 Å². The standard InChI is InChI=1S/C17H22FNO3/c18-14-9-7-13(8-10-14)11-17(21)22-12-16(20)19-15-5-3-1-2-4-6-15/h7-10,15H,1-6,11-12H2,(H,19,20). The molecule has 1 aromatic rings. The van der Waals surface area contributed by atoms with Crippen LogP contribution in [0.25, 0.3) is 0 Å². The van der Waals surface area contributed by atoms with E-state index in [0.29, 0.717) is 5.56 Å². The number of carbonyl (C=O) groups is 2. The highest BCUT2D eigenvalue weighted by Gasteiger charge is 2.15. The molecule has 0 aliphatic heterocycles. The highest BCUT2D eigenvalue weighted by Crippen LogP contribution is 2.17. The zero-order chi connectivity index (χ0) is 15.8. The third-order valence-electron chi connectivity index (χ3n) is 3.85. The van der Waals surface area contributed by atoms with E-state index in [-0.39, 0.29) is 30.8 Å². The van der Waals surface area contributed by atoms with Crippen molar-refractivity contribution in [3.8, 4) is 0 Å². The predicted octanol–water partition coefficient (Wildman–Crippen LogP) is 2.75. The van der Waals surface area contributed by atoms with E-state index in [1.54, 1.807) is 0 Å². The number of nitrogens with one attached hydrogen (secondary N) is 1. The van der Waals surface area contributed by atoms with E-state index in [9.17, 15) is 14.0 Å². The summed E-state index contributed by atoms with van der Waals surface area (Å²) in [5, 5.41) is 2.92. The lowest BCUT2D eigenvalue weighted by atomic mass is 10.1. The SMILES string of the molecule is O=C(COC(=O)Cc1ccc(F)cc1)NC1CCCCCC1. The monoisotopic (exact) mass is 307 g/mol. The first kappa shape index (κ1) is 16.5. The minimum absolute atomic E-state index is 0.0387. The van der Waals surface area contributed by atoms with Crippen molar-refractivity contribution in [1.82, 2.24) is 5.32 Å². The largest absolute Gasteiger partial charge is 0.455 e. The average Bonchev–Trinajstić information content (AvgIpc) is 2.76. The maximum atomic E-state index is 12.8. The van der Waals surface area contributed by atoms with E-state index < -0.39 is 5.97 Å². The number of halogens is 1. The van der Waals surface area contributed by atoms with Crippen LogP contribution in [0.3, 0.4) is 0 Å². The van der Waals surface area contributed by atoms with Gasteiger partial charge in [0.1, 0.15) is 5.82 Å². The Labute approximate surface area is 130 Å². The van der Waals surface area contributed by atoms with Gasteiger partial charge in [-0.1, -0.05) is 37.8 Å². The van der Waals surface area contributed by atoms with Crippen LogP contribution < -0.4 is 5.32 Å². The normalized spacial score (nSPS) is 15.9. The average molecular weight is 307 g/mol. The zero-order valence-corrected chi connectivity index (χ0v) is 12.6. The second kappa shape index (κ2) is 8.51. The molecule has 1 aliphatic carbocycles. The van der Waals surface area contributed by atoms with E-state index in [0.717, 1.165) is 25.7 Å². The Balaban J connectivity index is 1.68. The Morgan fingerprint density at radius 3 is 2.36 bits per heavy atom. The molecule has 1 aliphatic rings. The number of carbonyl (C=O) groups excluding carboxylic acids is 2. The summed E-state index contributed by atoms with van der Waals surface area (Å²) in [4.78, 5) is 23.4. The van der Waals surface area contributed by atoms with Crippen molar-refractivity contribution < 1.29 is 18.7 Å². The lowest BCUT2D eigenvalue weighted by Crippen LogP contribution is -2.37. The van der Waals surface area contributed by atoms with E-state index >= 15 is 0 Å². The first-order valence-corrected chi connectivity index (χ1v) is 7.83. The molecule has 1 aromatic carbocycles. The van der Waals surface area contributed by atoms with Crippen molar-refractivity contribution in [2.75, 3.05) is 6.61 Å². The van der Waals surface area contributed by atoms with Crippen molar-refractivity contribution >= 4 is 11.9 Å². The highest BCUT2D eigenvalue weighted by molar-refractivity contribution is 5.81. The summed E-state index contributed by atoms with van der Waals surface area (Å²) in [6.07, 6.45) is 6.74. The summed E-state index contributed by atoms with van der Waals surface area (Å²) in [7, 11) is 0. The fourth-order valence-electron chi connectivity index (χ4n) is 2.66. The van der Waals surface area contributed by atoms with Gasteiger partial charge in [0.2, 0.25) is 0 Å². The topological polar surface area (TPSA) is 55.4 Å². The van der Waals surface area contributed by atoms with E-state index in [1.165, 1.54) is 37.1 Å². The molecule has 4 nitrogen and oxygen atoms in total. The van der Waals surface area contributed by atoms with Crippen LogP contribution >= 0.6 is 0 Å². The fourth-order valence-corrected chi connectivity index (χ4v) is 2.66. The molecule has 0 radical (unpaired) electrons. The van der Waals surface area contributed by atoms with Gasteiger partial charge in [-0.2, -0.15) is 0 Å². The highest BCUT2D eigenvalue weighted by atomic mass is 19.1. The number of hydrogen-bond donors (Lipinski definition) is 1. The van der Waals surface area contributed by atoms with Gasteiger partial charge in [-0.25, -0.2) is 4.39 Å². The molecule has 1 N–H and O–H groups in total. The maximum Gasteiger partial charge on any atom is 0.310 e. The smallest absolute Gasteiger partial charge is 0.310 e. The van der Waals surface area contributed by atoms with E-state index in [4.69, 9.17) is 4.74 Å². The molecule has 0 unspecified atom stereocenters. The Kier molecular flexibility index (Phi) is 6.37. The summed E-state index contributed by atoms with van der Waals surface area (Å²) in [5.74, 6) is -1.08. The fraction of sp³-hybridized carbons (Fsp3) is 0.529. The van der Waals surface area contributed by atoms with Crippen molar-refractivity contribution in [1.29, 1.82) is 0 Å². The van der Waals surface area contributed by atoms with Crippen molar-refractivity contribution in [3.05, 3.63) is 35.6 Å². The van der Waals surface area contributed by atoms with Crippen LogP contribution in [0.1, 0.15) is 44.1 Å². The van der Waals surface area contributed by atoms with Gasteiger partial charge in [-0.3, -0.25) is 9.59 Å². The molecular weight excluding hydrogens is 285 g/mol. The minimum atomic E-state index is -0.484. The summed E-state index contributed by atoms with van der Waals surface area (Å²) < 4.78 is 17.7.